The quantitative estimate of drug-likeness (QED) is 0.792. The van der Waals surface area contributed by atoms with Gasteiger partial charge in [0.25, 0.3) is 0 Å². The Morgan fingerprint density at radius 3 is 2.47 bits per heavy atom. The zero-order valence-corrected chi connectivity index (χ0v) is 13.7. The van der Waals surface area contributed by atoms with Crippen molar-refractivity contribution in [1.82, 2.24) is 4.90 Å². The fourth-order valence-electron chi connectivity index (χ4n) is 1.95. The highest BCUT2D eigenvalue weighted by Crippen LogP contribution is 2.18. The summed E-state index contributed by atoms with van der Waals surface area (Å²) < 4.78 is 0. The first kappa shape index (κ1) is 16.8. The highest BCUT2D eigenvalue weighted by molar-refractivity contribution is 7.98. The lowest BCUT2D eigenvalue weighted by molar-refractivity contribution is 0.244. The second-order valence-electron chi connectivity index (χ2n) is 5.06. The number of nitrogens with two attached hydrogens (primary N) is 1. The summed E-state index contributed by atoms with van der Waals surface area (Å²) in [7, 11) is 2.18. The molecule has 1 aromatic rings. The molecule has 0 aromatic heterocycles. The fraction of sp³-hybridized carbons (Fsp3) is 0.600. The van der Waals surface area contributed by atoms with Gasteiger partial charge in [-0.2, -0.15) is 11.8 Å². The van der Waals surface area contributed by atoms with Gasteiger partial charge in [-0.15, -0.1) is 0 Å². The van der Waals surface area contributed by atoms with Gasteiger partial charge in [-0.05, 0) is 63.1 Å². The monoisotopic (exact) mass is 300 g/mol. The van der Waals surface area contributed by atoms with Gasteiger partial charge in [0.15, 0.2) is 0 Å². The van der Waals surface area contributed by atoms with Crippen molar-refractivity contribution in [2.45, 2.75) is 31.8 Å². The summed E-state index contributed by atoms with van der Waals surface area (Å²) in [6, 6.07) is 8.55. The standard InChI is InChI=1S/C15H25ClN2S/c1-12(9-11-19-3)18(2)10-8-15(17)13-4-6-14(16)7-5-13/h4-7,12,15H,8-11,17H2,1-3H3. The van der Waals surface area contributed by atoms with Crippen LogP contribution in [0.25, 0.3) is 0 Å². The highest BCUT2D eigenvalue weighted by Gasteiger charge is 2.11. The smallest absolute Gasteiger partial charge is 0.0406 e. The van der Waals surface area contributed by atoms with Crippen molar-refractivity contribution in [2.75, 3.05) is 25.6 Å². The molecule has 0 fully saturated rings. The van der Waals surface area contributed by atoms with Crippen molar-refractivity contribution in [3.8, 4) is 0 Å². The summed E-state index contributed by atoms with van der Waals surface area (Å²) in [5, 5.41) is 0.763. The average molecular weight is 301 g/mol. The lowest BCUT2D eigenvalue weighted by Crippen LogP contribution is -2.32. The Morgan fingerprint density at radius 2 is 1.89 bits per heavy atom. The minimum Gasteiger partial charge on any atom is -0.324 e. The van der Waals surface area contributed by atoms with Gasteiger partial charge >= 0.3 is 0 Å². The molecular weight excluding hydrogens is 276 g/mol. The zero-order valence-electron chi connectivity index (χ0n) is 12.1. The minimum atomic E-state index is 0.0902. The number of halogens is 1. The second kappa shape index (κ2) is 8.85. The van der Waals surface area contributed by atoms with Gasteiger partial charge in [0.05, 0.1) is 0 Å². The molecule has 0 aliphatic heterocycles. The maximum atomic E-state index is 6.22. The summed E-state index contributed by atoms with van der Waals surface area (Å²) in [5.74, 6) is 1.22. The molecule has 0 aliphatic rings. The third-order valence-corrected chi connectivity index (χ3v) is 4.48. The van der Waals surface area contributed by atoms with Crippen LogP contribution in [0.5, 0.6) is 0 Å². The molecule has 0 saturated heterocycles. The molecule has 0 aliphatic carbocycles. The van der Waals surface area contributed by atoms with Crippen molar-refractivity contribution < 1.29 is 0 Å². The van der Waals surface area contributed by atoms with E-state index in [9.17, 15) is 0 Å². The normalized spacial score (nSPS) is 14.6. The van der Waals surface area contributed by atoms with Gasteiger partial charge in [-0.3, -0.25) is 0 Å². The van der Waals surface area contributed by atoms with Crippen LogP contribution in [-0.2, 0) is 0 Å². The van der Waals surface area contributed by atoms with Crippen molar-refractivity contribution in [3.05, 3.63) is 34.9 Å². The maximum Gasteiger partial charge on any atom is 0.0406 e. The van der Waals surface area contributed by atoms with Crippen LogP contribution in [0.1, 0.15) is 31.4 Å². The van der Waals surface area contributed by atoms with Crippen molar-refractivity contribution in [3.63, 3.8) is 0 Å². The van der Waals surface area contributed by atoms with E-state index in [4.69, 9.17) is 17.3 Å². The Kier molecular flexibility index (Phi) is 7.84. The highest BCUT2D eigenvalue weighted by atomic mass is 35.5. The lowest BCUT2D eigenvalue weighted by atomic mass is 10.0. The Labute approximate surface area is 126 Å². The number of rotatable bonds is 8. The summed E-state index contributed by atoms with van der Waals surface area (Å²) in [5.41, 5.74) is 7.38. The van der Waals surface area contributed by atoms with Gasteiger partial charge in [0, 0.05) is 17.1 Å². The molecule has 0 bridgehead atoms. The largest absolute Gasteiger partial charge is 0.324 e. The van der Waals surface area contributed by atoms with Crippen molar-refractivity contribution >= 4 is 23.4 Å². The van der Waals surface area contributed by atoms with E-state index in [0.717, 1.165) is 23.6 Å². The van der Waals surface area contributed by atoms with Crippen LogP contribution in [-0.4, -0.2) is 36.5 Å². The van der Waals surface area contributed by atoms with E-state index in [1.807, 2.05) is 36.0 Å². The van der Waals surface area contributed by atoms with Gasteiger partial charge in [-0.25, -0.2) is 0 Å². The third kappa shape index (κ3) is 6.17. The predicted molar refractivity (Wildman–Crippen MR) is 88.1 cm³/mol. The Bertz CT molecular complexity index is 356. The molecule has 2 unspecified atom stereocenters. The van der Waals surface area contributed by atoms with E-state index in [0.29, 0.717) is 6.04 Å². The maximum absolute atomic E-state index is 6.22. The van der Waals surface area contributed by atoms with Gasteiger partial charge in [0.2, 0.25) is 0 Å². The summed E-state index contributed by atoms with van der Waals surface area (Å²) in [6.45, 7) is 3.31. The second-order valence-corrected chi connectivity index (χ2v) is 6.48. The van der Waals surface area contributed by atoms with E-state index in [2.05, 4.69) is 25.1 Å². The molecule has 1 aromatic carbocycles. The first-order chi connectivity index (χ1) is 9.04. The molecular formula is C15H25ClN2S. The predicted octanol–water partition coefficient (Wildman–Crippen LogP) is 3.80. The minimum absolute atomic E-state index is 0.0902. The van der Waals surface area contributed by atoms with E-state index >= 15 is 0 Å². The molecule has 0 saturated carbocycles. The molecule has 1 rings (SSSR count). The molecule has 0 radical (unpaired) electrons. The van der Waals surface area contributed by atoms with E-state index in [1.54, 1.807) is 0 Å². The lowest BCUT2D eigenvalue weighted by Gasteiger charge is -2.26. The van der Waals surface area contributed by atoms with Crippen molar-refractivity contribution in [1.29, 1.82) is 0 Å². The van der Waals surface area contributed by atoms with Gasteiger partial charge in [0.1, 0.15) is 0 Å². The van der Waals surface area contributed by atoms with Crippen LogP contribution < -0.4 is 5.73 Å². The summed E-state index contributed by atoms with van der Waals surface area (Å²) in [6.07, 6.45) is 4.36. The summed E-state index contributed by atoms with van der Waals surface area (Å²) >= 11 is 7.79. The van der Waals surface area contributed by atoms with Crippen LogP contribution in [0.4, 0.5) is 0 Å². The molecule has 0 heterocycles. The zero-order chi connectivity index (χ0) is 14.3. The molecule has 2 nitrogen and oxygen atoms in total. The number of hydrogen-bond donors (Lipinski definition) is 1. The van der Waals surface area contributed by atoms with Gasteiger partial charge in [-0.1, -0.05) is 23.7 Å². The Morgan fingerprint density at radius 1 is 1.26 bits per heavy atom. The number of benzene rings is 1. The van der Waals surface area contributed by atoms with Crippen LogP contribution in [0, 0.1) is 0 Å². The molecule has 0 spiro atoms. The topological polar surface area (TPSA) is 29.3 Å². The first-order valence-corrected chi connectivity index (χ1v) is 8.52. The molecule has 4 heteroatoms. The third-order valence-electron chi connectivity index (χ3n) is 3.58. The van der Waals surface area contributed by atoms with Crippen LogP contribution in [0.3, 0.4) is 0 Å². The van der Waals surface area contributed by atoms with E-state index in [1.165, 1.54) is 12.2 Å². The Balaban J connectivity index is 2.36. The molecule has 2 N–H and O–H groups in total. The molecule has 19 heavy (non-hydrogen) atoms. The van der Waals surface area contributed by atoms with Crippen molar-refractivity contribution in [2.24, 2.45) is 5.73 Å². The van der Waals surface area contributed by atoms with E-state index in [-0.39, 0.29) is 6.04 Å². The van der Waals surface area contributed by atoms with Crippen LogP contribution in [0.15, 0.2) is 24.3 Å². The van der Waals surface area contributed by atoms with Crippen LogP contribution >= 0.6 is 23.4 Å². The fourth-order valence-corrected chi connectivity index (χ4v) is 2.65. The Hall–Kier alpha value is -0.220. The molecule has 108 valence electrons. The summed E-state index contributed by atoms with van der Waals surface area (Å²) in [4.78, 5) is 2.39. The first-order valence-electron chi connectivity index (χ1n) is 6.74. The van der Waals surface area contributed by atoms with Gasteiger partial charge < -0.3 is 10.6 Å². The van der Waals surface area contributed by atoms with Crippen LogP contribution in [0.2, 0.25) is 5.02 Å². The molecule has 2 atom stereocenters. The van der Waals surface area contributed by atoms with E-state index < -0.39 is 0 Å². The molecule has 0 amide bonds. The number of nitrogens with zero attached hydrogens (tertiary/aromatic N) is 1. The number of thioether (sulfide) groups is 1. The SMILES string of the molecule is CSCCC(C)N(C)CCC(N)c1ccc(Cl)cc1. The average Bonchev–Trinajstić information content (AvgIpc) is 2.42. The number of hydrogen-bond acceptors (Lipinski definition) is 3.